The molecule has 0 saturated carbocycles. The first-order chi connectivity index (χ1) is 9.02. The van der Waals surface area contributed by atoms with Gasteiger partial charge in [0, 0.05) is 23.4 Å². The molecule has 0 unspecified atom stereocenters. The fourth-order valence-electron chi connectivity index (χ4n) is 1.86. The Morgan fingerprint density at radius 2 is 2.11 bits per heavy atom. The minimum absolute atomic E-state index is 0.127. The third-order valence-corrected chi connectivity index (χ3v) is 3.25. The van der Waals surface area contributed by atoms with Gasteiger partial charge in [0.05, 0.1) is 22.5 Å². The molecule has 0 N–H and O–H groups in total. The third-order valence-electron chi connectivity index (χ3n) is 2.85. The fourth-order valence-corrected chi connectivity index (χ4v) is 2.26. The van der Waals surface area contributed by atoms with Crippen molar-refractivity contribution in [3.8, 4) is 5.69 Å². The Morgan fingerprint density at radius 3 is 2.74 bits per heavy atom. The van der Waals surface area contributed by atoms with Crippen LogP contribution in [0.3, 0.4) is 0 Å². The van der Waals surface area contributed by atoms with Crippen LogP contribution >= 0.6 is 15.9 Å². The topological polar surface area (TPSA) is 73.8 Å². The fraction of sp³-hybridized carbons (Fsp3) is 0.333. The number of alkyl halides is 1. The van der Waals surface area contributed by atoms with Crippen LogP contribution < -0.4 is 0 Å². The summed E-state index contributed by atoms with van der Waals surface area (Å²) < 4.78 is 1.66. The molecule has 0 aliphatic rings. The van der Waals surface area contributed by atoms with Gasteiger partial charge in [-0.3, -0.25) is 10.1 Å². The molecule has 1 aromatic carbocycles. The van der Waals surface area contributed by atoms with Crippen molar-refractivity contribution in [1.82, 2.24) is 15.0 Å². The number of hydrogen-bond acceptors (Lipinski definition) is 4. The summed E-state index contributed by atoms with van der Waals surface area (Å²) in [5, 5.41) is 19.8. The predicted molar refractivity (Wildman–Crippen MR) is 75.0 cm³/mol. The number of nitrogens with zero attached hydrogens (tertiary/aromatic N) is 4. The minimum atomic E-state index is -0.371. The molecule has 0 spiro atoms. The Hall–Kier alpha value is -1.76. The van der Waals surface area contributed by atoms with Gasteiger partial charge < -0.3 is 0 Å². The Kier molecular flexibility index (Phi) is 3.94. The van der Waals surface area contributed by atoms with E-state index in [0.717, 1.165) is 28.7 Å². The van der Waals surface area contributed by atoms with Crippen molar-refractivity contribution in [3.05, 3.63) is 45.3 Å². The van der Waals surface area contributed by atoms with Crippen LogP contribution in [0.25, 0.3) is 5.69 Å². The molecule has 19 heavy (non-hydrogen) atoms. The normalized spacial score (nSPS) is 10.7. The van der Waals surface area contributed by atoms with Crippen LogP contribution in [0.5, 0.6) is 0 Å². The quantitative estimate of drug-likeness (QED) is 0.492. The van der Waals surface area contributed by atoms with E-state index in [1.807, 2.05) is 13.1 Å². The molecule has 0 aliphatic carbocycles. The highest BCUT2D eigenvalue weighted by Crippen LogP contribution is 2.24. The highest BCUT2D eigenvalue weighted by molar-refractivity contribution is 9.09. The van der Waals surface area contributed by atoms with Crippen LogP contribution in [0.15, 0.2) is 18.3 Å². The second-order valence-electron chi connectivity index (χ2n) is 4.28. The molecule has 0 bridgehead atoms. The largest absolute Gasteiger partial charge is 0.272 e. The minimum Gasteiger partial charge on any atom is -0.258 e. The number of nitro benzene ring substituents is 1. The molecule has 6 nitrogen and oxygen atoms in total. The Balaban J connectivity index is 2.44. The van der Waals surface area contributed by atoms with Crippen molar-refractivity contribution in [2.45, 2.75) is 20.3 Å². The lowest BCUT2D eigenvalue weighted by Crippen LogP contribution is -2.01. The van der Waals surface area contributed by atoms with Crippen LogP contribution in [0, 0.1) is 24.0 Å². The third kappa shape index (κ3) is 2.81. The van der Waals surface area contributed by atoms with Crippen LogP contribution in [-0.4, -0.2) is 25.2 Å². The number of aryl methyl sites for hydroxylation is 3. The zero-order valence-electron chi connectivity index (χ0n) is 10.6. The summed E-state index contributed by atoms with van der Waals surface area (Å²) in [6, 6.07) is 3.33. The number of rotatable bonds is 4. The predicted octanol–water partition coefficient (Wildman–Crippen LogP) is 2.73. The van der Waals surface area contributed by atoms with Gasteiger partial charge in [0.1, 0.15) is 0 Å². The van der Waals surface area contributed by atoms with Gasteiger partial charge in [0.25, 0.3) is 5.69 Å². The lowest BCUT2D eigenvalue weighted by Gasteiger charge is -2.06. The van der Waals surface area contributed by atoms with Crippen LogP contribution in [0.4, 0.5) is 5.69 Å². The highest BCUT2D eigenvalue weighted by atomic mass is 79.9. The molecule has 0 amide bonds. The highest BCUT2D eigenvalue weighted by Gasteiger charge is 2.15. The van der Waals surface area contributed by atoms with Crippen LogP contribution in [0.1, 0.15) is 16.8 Å². The average Bonchev–Trinajstić information content (AvgIpc) is 2.80. The molecule has 2 aromatic rings. The van der Waals surface area contributed by atoms with Crippen LogP contribution in [-0.2, 0) is 6.42 Å². The lowest BCUT2D eigenvalue weighted by molar-refractivity contribution is -0.385. The molecule has 0 aliphatic heterocycles. The summed E-state index contributed by atoms with van der Waals surface area (Å²) in [7, 11) is 0. The van der Waals surface area contributed by atoms with Gasteiger partial charge in [-0.1, -0.05) is 21.1 Å². The summed E-state index contributed by atoms with van der Waals surface area (Å²) >= 11 is 3.35. The van der Waals surface area contributed by atoms with E-state index < -0.39 is 0 Å². The maximum Gasteiger partial charge on any atom is 0.272 e. The molecule has 0 radical (unpaired) electrons. The van der Waals surface area contributed by atoms with Gasteiger partial charge in [-0.25, -0.2) is 4.68 Å². The Labute approximate surface area is 118 Å². The summed E-state index contributed by atoms with van der Waals surface area (Å²) in [4.78, 5) is 10.5. The van der Waals surface area contributed by atoms with E-state index in [-0.39, 0.29) is 10.6 Å². The molecule has 100 valence electrons. The zero-order chi connectivity index (χ0) is 14.0. The number of halogens is 1. The van der Waals surface area contributed by atoms with Gasteiger partial charge in [0.2, 0.25) is 0 Å². The van der Waals surface area contributed by atoms with E-state index in [4.69, 9.17) is 0 Å². The van der Waals surface area contributed by atoms with E-state index >= 15 is 0 Å². The van der Waals surface area contributed by atoms with E-state index in [0.29, 0.717) is 5.56 Å². The molecule has 0 fully saturated rings. The standard InChI is InChI=1S/C12H13BrN4O2/c1-8-6-12(17(18)19)9(2)5-11(8)16-7-10(3-4-13)14-15-16/h5-7H,3-4H2,1-2H3. The van der Waals surface area contributed by atoms with E-state index in [1.54, 1.807) is 23.7 Å². The molecule has 0 atom stereocenters. The first-order valence-electron chi connectivity index (χ1n) is 5.76. The summed E-state index contributed by atoms with van der Waals surface area (Å²) in [5.41, 5.74) is 3.24. The number of benzene rings is 1. The second kappa shape index (κ2) is 5.48. The molecular formula is C12H13BrN4O2. The van der Waals surface area contributed by atoms with Gasteiger partial charge in [-0.2, -0.15) is 0 Å². The van der Waals surface area contributed by atoms with Crippen molar-refractivity contribution in [2.75, 3.05) is 5.33 Å². The number of aromatic nitrogens is 3. The average molecular weight is 325 g/mol. The van der Waals surface area contributed by atoms with Crippen molar-refractivity contribution in [3.63, 3.8) is 0 Å². The molecule has 0 saturated heterocycles. The van der Waals surface area contributed by atoms with Crippen LogP contribution in [0.2, 0.25) is 0 Å². The number of nitro groups is 1. The monoisotopic (exact) mass is 324 g/mol. The maximum absolute atomic E-state index is 10.9. The van der Waals surface area contributed by atoms with Crippen molar-refractivity contribution < 1.29 is 4.92 Å². The van der Waals surface area contributed by atoms with Gasteiger partial charge >= 0.3 is 0 Å². The summed E-state index contributed by atoms with van der Waals surface area (Å²) in [5.74, 6) is 0. The molecule has 1 heterocycles. The lowest BCUT2D eigenvalue weighted by atomic mass is 10.1. The van der Waals surface area contributed by atoms with E-state index in [1.165, 1.54) is 0 Å². The Bertz CT molecular complexity index is 624. The van der Waals surface area contributed by atoms with Gasteiger partial charge in [-0.15, -0.1) is 5.10 Å². The first kappa shape index (κ1) is 13.7. The zero-order valence-corrected chi connectivity index (χ0v) is 12.2. The molecule has 7 heteroatoms. The molecular weight excluding hydrogens is 312 g/mol. The van der Waals surface area contributed by atoms with Crippen molar-refractivity contribution >= 4 is 21.6 Å². The number of hydrogen-bond donors (Lipinski definition) is 0. The summed E-state index contributed by atoms with van der Waals surface area (Å²) in [6.45, 7) is 3.55. The summed E-state index contributed by atoms with van der Waals surface area (Å²) in [6.07, 6.45) is 2.64. The molecule has 1 aromatic heterocycles. The van der Waals surface area contributed by atoms with Gasteiger partial charge in [-0.05, 0) is 25.5 Å². The van der Waals surface area contributed by atoms with Gasteiger partial charge in [0.15, 0.2) is 0 Å². The maximum atomic E-state index is 10.9. The van der Waals surface area contributed by atoms with E-state index in [9.17, 15) is 10.1 Å². The second-order valence-corrected chi connectivity index (χ2v) is 5.07. The first-order valence-corrected chi connectivity index (χ1v) is 6.88. The smallest absolute Gasteiger partial charge is 0.258 e. The SMILES string of the molecule is Cc1cc([N+](=O)[O-])c(C)cc1-n1cc(CCBr)nn1. The van der Waals surface area contributed by atoms with Crippen molar-refractivity contribution in [2.24, 2.45) is 0 Å². The Morgan fingerprint density at radius 1 is 1.37 bits per heavy atom. The molecule has 2 rings (SSSR count). The van der Waals surface area contributed by atoms with Crippen molar-refractivity contribution in [1.29, 1.82) is 0 Å². The van der Waals surface area contributed by atoms with E-state index in [2.05, 4.69) is 26.2 Å².